The molecule has 6 nitrogen and oxygen atoms in total. The molecule has 2 N–H and O–H groups in total. The monoisotopic (exact) mass is 289 g/mol. The molecule has 1 saturated heterocycles. The SMILES string of the molecule is CC(C)(C)c1ccc(NC(=O)CN2C(=O)CNC2=O)cc1. The summed E-state index contributed by atoms with van der Waals surface area (Å²) < 4.78 is 0. The van der Waals surface area contributed by atoms with Crippen LogP contribution in [0.4, 0.5) is 10.5 Å². The number of carbonyl (C=O) groups excluding carboxylic acids is 3. The largest absolute Gasteiger partial charge is 0.329 e. The van der Waals surface area contributed by atoms with Crippen molar-refractivity contribution in [3.63, 3.8) is 0 Å². The van der Waals surface area contributed by atoms with Crippen LogP contribution in [0.25, 0.3) is 0 Å². The molecule has 21 heavy (non-hydrogen) atoms. The molecule has 4 amide bonds. The third kappa shape index (κ3) is 3.59. The van der Waals surface area contributed by atoms with Crippen molar-refractivity contribution in [2.45, 2.75) is 26.2 Å². The molecule has 0 radical (unpaired) electrons. The summed E-state index contributed by atoms with van der Waals surface area (Å²) in [4.78, 5) is 35.5. The molecule has 1 heterocycles. The lowest BCUT2D eigenvalue weighted by molar-refractivity contribution is -0.128. The van der Waals surface area contributed by atoms with E-state index in [1.165, 1.54) is 0 Å². The first-order valence-corrected chi connectivity index (χ1v) is 6.76. The summed E-state index contributed by atoms with van der Waals surface area (Å²) in [7, 11) is 0. The van der Waals surface area contributed by atoms with E-state index < -0.39 is 17.8 Å². The van der Waals surface area contributed by atoms with E-state index in [4.69, 9.17) is 0 Å². The molecular formula is C15H19N3O3. The summed E-state index contributed by atoms with van der Waals surface area (Å²) in [5, 5.41) is 5.05. The van der Waals surface area contributed by atoms with Gasteiger partial charge in [-0.1, -0.05) is 32.9 Å². The number of imide groups is 1. The first-order valence-electron chi connectivity index (χ1n) is 6.76. The van der Waals surface area contributed by atoms with E-state index in [-0.39, 0.29) is 18.5 Å². The Morgan fingerprint density at radius 3 is 2.33 bits per heavy atom. The Morgan fingerprint density at radius 1 is 1.24 bits per heavy atom. The number of anilines is 1. The molecule has 1 aliphatic heterocycles. The number of hydrogen-bond donors (Lipinski definition) is 2. The Hall–Kier alpha value is -2.37. The predicted molar refractivity (Wildman–Crippen MR) is 78.9 cm³/mol. The van der Waals surface area contributed by atoms with Crippen molar-refractivity contribution in [3.8, 4) is 0 Å². The van der Waals surface area contributed by atoms with E-state index in [0.29, 0.717) is 5.69 Å². The first kappa shape index (κ1) is 15.0. The van der Waals surface area contributed by atoms with Crippen LogP contribution < -0.4 is 10.6 Å². The second-order valence-electron chi connectivity index (χ2n) is 6.01. The van der Waals surface area contributed by atoms with E-state index in [1.54, 1.807) is 0 Å². The van der Waals surface area contributed by atoms with Gasteiger partial charge in [-0.15, -0.1) is 0 Å². The van der Waals surface area contributed by atoms with Crippen LogP contribution in [0.2, 0.25) is 0 Å². The predicted octanol–water partition coefficient (Wildman–Crippen LogP) is 1.47. The quantitative estimate of drug-likeness (QED) is 0.827. The van der Waals surface area contributed by atoms with Crippen molar-refractivity contribution >= 4 is 23.5 Å². The van der Waals surface area contributed by atoms with Gasteiger partial charge in [0.2, 0.25) is 5.91 Å². The molecule has 0 unspecified atom stereocenters. The standard InChI is InChI=1S/C15H19N3O3/c1-15(2,3)10-4-6-11(7-5-10)17-12(19)9-18-13(20)8-16-14(18)21/h4-7H,8-9H2,1-3H3,(H,16,21)(H,17,19). The van der Waals surface area contributed by atoms with Gasteiger partial charge in [-0.2, -0.15) is 0 Å². The van der Waals surface area contributed by atoms with Crippen molar-refractivity contribution in [1.82, 2.24) is 10.2 Å². The summed E-state index contributed by atoms with van der Waals surface area (Å²) in [6.07, 6.45) is 0. The minimum absolute atomic E-state index is 0.0442. The van der Waals surface area contributed by atoms with E-state index >= 15 is 0 Å². The number of rotatable bonds is 3. The lowest BCUT2D eigenvalue weighted by atomic mass is 9.87. The molecule has 0 bridgehead atoms. The number of nitrogens with one attached hydrogen (secondary N) is 2. The number of carbonyl (C=O) groups is 3. The highest BCUT2D eigenvalue weighted by atomic mass is 16.2. The highest BCUT2D eigenvalue weighted by molar-refractivity contribution is 6.06. The first-order chi connectivity index (χ1) is 9.77. The zero-order valence-corrected chi connectivity index (χ0v) is 12.4. The number of hydrogen-bond acceptors (Lipinski definition) is 3. The molecule has 1 aromatic carbocycles. The van der Waals surface area contributed by atoms with Gasteiger partial charge >= 0.3 is 6.03 Å². The van der Waals surface area contributed by atoms with Gasteiger partial charge < -0.3 is 10.6 Å². The van der Waals surface area contributed by atoms with E-state index in [2.05, 4.69) is 31.4 Å². The maximum Gasteiger partial charge on any atom is 0.325 e. The Bertz CT molecular complexity index is 557. The number of amides is 4. The van der Waals surface area contributed by atoms with Crippen LogP contribution in [-0.4, -0.2) is 35.8 Å². The molecule has 0 spiro atoms. The summed E-state index contributed by atoms with van der Waals surface area (Å²) >= 11 is 0. The molecule has 1 fully saturated rings. The highest BCUT2D eigenvalue weighted by Gasteiger charge is 2.30. The second-order valence-corrected chi connectivity index (χ2v) is 6.01. The van der Waals surface area contributed by atoms with Crippen molar-refractivity contribution < 1.29 is 14.4 Å². The van der Waals surface area contributed by atoms with Gasteiger partial charge in [0.15, 0.2) is 0 Å². The zero-order chi connectivity index (χ0) is 15.6. The third-order valence-electron chi connectivity index (χ3n) is 3.27. The smallest absolute Gasteiger partial charge is 0.325 e. The number of benzene rings is 1. The molecule has 6 heteroatoms. The van der Waals surface area contributed by atoms with Crippen LogP contribution in [0.5, 0.6) is 0 Å². The van der Waals surface area contributed by atoms with Crippen LogP contribution in [-0.2, 0) is 15.0 Å². The maximum absolute atomic E-state index is 11.9. The van der Waals surface area contributed by atoms with Gasteiger partial charge in [0.25, 0.3) is 5.91 Å². The van der Waals surface area contributed by atoms with Crippen molar-refractivity contribution in [2.24, 2.45) is 0 Å². The topological polar surface area (TPSA) is 78.5 Å². The summed E-state index contributed by atoms with van der Waals surface area (Å²) in [5.74, 6) is -0.790. The van der Waals surface area contributed by atoms with Crippen LogP contribution in [0.15, 0.2) is 24.3 Å². The Labute approximate surface area is 123 Å². The summed E-state index contributed by atoms with van der Waals surface area (Å²) in [5.41, 5.74) is 1.84. The fourth-order valence-electron chi connectivity index (χ4n) is 2.01. The summed E-state index contributed by atoms with van der Waals surface area (Å²) in [6.45, 7) is 6.01. The molecule has 112 valence electrons. The Morgan fingerprint density at radius 2 is 1.86 bits per heavy atom. The second kappa shape index (κ2) is 5.55. The fourth-order valence-corrected chi connectivity index (χ4v) is 2.01. The summed E-state index contributed by atoms with van der Waals surface area (Å²) in [6, 6.07) is 6.99. The van der Waals surface area contributed by atoms with Gasteiger partial charge in [-0.05, 0) is 23.1 Å². The average molecular weight is 289 g/mol. The van der Waals surface area contributed by atoms with E-state index in [1.807, 2.05) is 24.3 Å². The molecular weight excluding hydrogens is 270 g/mol. The van der Waals surface area contributed by atoms with Gasteiger partial charge in [-0.25, -0.2) is 4.79 Å². The van der Waals surface area contributed by atoms with Crippen molar-refractivity contribution in [2.75, 3.05) is 18.4 Å². The molecule has 0 saturated carbocycles. The zero-order valence-electron chi connectivity index (χ0n) is 12.4. The lowest BCUT2D eigenvalue weighted by Crippen LogP contribution is -2.38. The van der Waals surface area contributed by atoms with Gasteiger partial charge in [0.05, 0.1) is 6.54 Å². The van der Waals surface area contributed by atoms with Crippen LogP contribution in [0.3, 0.4) is 0 Å². The Kier molecular flexibility index (Phi) is 3.97. The van der Waals surface area contributed by atoms with Crippen LogP contribution >= 0.6 is 0 Å². The Balaban J connectivity index is 1.97. The van der Waals surface area contributed by atoms with Crippen molar-refractivity contribution in [3.05, 3.63) is 29.8 Å². The third-order valence-corrected chi connectivity index (χ3v) is 3.27. The van der Waals surface area contributed by atoms with Gasteiger partial charge in [0, 0.05) is 5.69 Å². The normalized spacial score (nSPS) is 15.1. The highest BCUT2D eigenvalue weighted by Crippen LogP contribution is 2.23. The minimum atomic E-state index is -0.529. The average Bonchev–Trinajstić information content (AvgIpc) is 2.70. The van der Waals surface area contributed by atoms with Gasteiger partial charge in [-0.3, -0.25) is 14.5 Å². The fraction of sp³-hybridized carbons (Fsp3) is 0.400. The van der Waals surface area contributed by atoms with Crippen LogP contribution in [0.1, 0.15) is 26.3 Å². The maximum atomic E-state index is 11.9. The van der Waals surface area contributed by atoms with E-state index in [0.717, 1.165) is 10.5 Å². The molecule has 2 rings (SSSR count). The molecule has 0 aliphatic carbocycles. The number of urea groups is 1. The lowest BCUT2D eigenvalue weighted by Gasteiger charge is -2.19. The van der Waals surface area contributed by atoms with Crippen molar-refractivity contribution in [1.29, 1.82) is 0 Å². The van der Waals surface area contributed by atoms with Crippen LogP contribution in [0, 0.1) is 0 Å². The number of nitrogens with zero attached hydrogens (tertiary/aromatic N) is 1. The molecule has 0 aromatic heterocycles. The van der Waals surface area contributed by atoms with E-state index in [9.17, 15) is 14.4 Å². The van der Waals surface area contributed by atoms with Gasteiger partial charge in [0.1, 0.15) is 6.54 Å². The molecule has 1 aromatic rings. The minimum Gasteiger partial charge on any atom is -0.329 e. The molecule has 0 atom stereocenters. The molecule has 1 aliphatic rings.